The first kappa shape index (κ1) is 15.8. The van der Waals surface area contributed by atoms with Gasteiger partial charge in [0.15, 0.2) is 0 Å². The summed E-state index contributed by atoms with van der Waals surface area (Å²) in [7, 11) is 0. The van der Waals surface area contributed by atoms with Gasteiger partial charge in [-0.1, -0.05) is 27.5 Å². The fourth-order valence-corrected chi connectivity index (χ4v) is 2.17. The molecule has 0 spiro atoms. The van der Waals surface area contributed by atoms with E-state index in [9.17, 15) is 9.18 Å². The Morgan fingerprint density at radius 2 is 1.90 bits per heavy atom. The second-order valence-electron chi connectivity index (χ2n) is 4.49. The minimum Gasteiger partial charge on any atom is -0.374 e. The lowest BCUT2D eigenvalue weighted by Crippen LogP contribution is -2.31. The lowest BCUT2D eigenvalue weighted by molar-refractivity contribution is -0.116. The molecule has 0 aliphatic heterocycles. The number of hydrogen-bond donors (Lipinski definition) is 2. The minimum absolute atomic E-state index is 0.166. The van der Waals surface area contributed by atoms with Crippen molar-refractivity contribution in [1.29, 1.82) is 0 Å². The van der Waals surface area contributed by atoms with Crippen molar-refractivity contribution >= 4 is 44.8 Å². The van der Waals surface area contributed by atoms with E-state index in [1.807, 2.05) is 24.3 Å². The highest BCUT2D eigenvalue weighted by atomic mass is 79.9. The molecular weight excluding hydrogens is 359 g/mol. The summed E-state index contributed by atoms with van der Waals surface area (Å²) >= 11 is 9.22. The molecule has 110 valence electrons. The van der Waals surface area contributed by atoms with Crippen molar-refractivity contribution in [2.75, 3.05) is 10.6 Å². The largest absolute Gasteiger partial charge is 0.374 e. The number of benzene rings is 2. The van der Waals surface area contributed by atoms with Crippen LogP contribution in [0, 0.1) is 5.82 Å². The molecular formula is C15H13BrClFN2O. The minimum atomic E-state index is -0.465. The average Bonchev–Trinajstić information content (AvgIpc) is 2.44. The molecule has 2 aromatic carbocycles. The van der Waals surface area contributed by atoms with Gasteiger partial charge in [-0.15, -0.1) is 0 Å². The topological polar surface area (TPSA) is 41.1 Å². The molecule has 1 unspecified atom stereocenters. The van der Waals surface area contributed by atoms with Gasteiger partial charge in [0.1, 0.15) is 11.9 Å². The van der Waals surface area contributed by atoms with Crippen molar-refractivity contribution in [3.05, 3.63) is 57.8 Å². The Hall–Kier alpha value is -1.59. The molecule has 0 fully saturated rings. The molecule has 2 N–H and O–H groups in total. The third-order valence-corrected chi connectivity index (χ3v) is 3.65. The molecule has 3 nitrogen and oxygen atoms in total. The summed E-state index contributed by atoms with van der Waals surface area (Å²) in [4.78, 5) is 12.1. The van der Waals surface area contributed by atoms with E-state index in [1.54, 1.807) is 6.92 Å². The van der Waals surface area contributed by atoms with Gasteiger partial charge in [0.2, 0.25) is 5.91 Å². The molecule has 0 aromatic heterocycles. The van der Waals surface area contributed by atoms with E-state index < -0.39 is 11.9 Å². The molecule has 0 saturated carbocycles. The maximum Gasteiger partial charge on any atom is 0.246 e. The van der Waals surface area contributed by atoms with Crippen molar-refractivity contribution < 1.29 is 9.18 Å². The Kier molecular flexibility index (Phi) is 5.20. The Morgan fingerprint density at radius 3 is 2.52 bits per heavy atom. The third kappa shape index (κ3) is 4.44. The molecule has 0 aliphatic rings. The lowest BCUT2D eigenvalue weighted by atomic mass is 10.2. The van der Waals surface area contributed by atoms with E-state index in [4.69, 9.17) is 11.6 Å². The zero-order chi connectivity index (χ0) is 15.4. The number of halogens is 3. The monoisotopic (exact) mass is 370 g/mol. The Morgan fingerprint density at radius 1 is 1.24 bits per heavy atom. The fourth-order valence-electron chi connectivity index (χ4n) is 1.69. The van der Waals surface area contributed by atoms with Crippen molar-refractivity contribution in [3.63, 3.8) is 0 Å². The summed E-state index contributed by atoms with van der Waals surface area (Å²) in [5, 5.41) is 5.90. The van der Waals surface area contributed by atoms with Gasteiger partial charge in [0.25, 0.3) is 0 Å². The van der Waals surface area contributed by atoms with Crippen molar-refractivity contribution in [2.24, 2.45) is 0 Å². The predicted octanol–water partition coefficient (Wildman–Crippen LogP) is 4.68. The molecule has 6 heteroatoms. The molecule has 2 aromatic rings. The highest BCUT2D eigenvalue weighted by Crippen LogP contribution is 2.23. The summed E-state index contributed by atoms with van der Waals surface area (Å²) in [6.45, 7) is 1.73. The van der Waals surface area contributed by atoms with Crippen LogP contribution in [0.5, 0.6) is 0 Å². The maximum absolute atomic E-state index is 13.0. The molecule has 1 atom stereocenters. The van der Waals surface area contributed by atoms with Crippen LogP contribution in [0.2, 0.25) is 5.02 Å². The van der Waals surface area contributed by atoms with Crippen LogP contribution in [0.3, 0.4) is 0 Å². The van der Waals surface area contributed by atoms with Gasteiger partial charge in [0, 0.05) is 10.2 Å². The zero-order valence-electron chi connectivity index (χ0n) is 11.2. The highest BCUT2D eigenvalue weighted by Gasteiger charge is 2.14. The molecule has 21 heavy (non-hydrogen) atoms. The van der Waals surface area contributed by atoms with E-state index in [1.165, 1.54) is 12.1 Å². The molecule has 1 amide bonds. The van der Waals surface area contributed by atoms with Crippen LogP contribution in [0.25, 0.3) is 0 Å². The van der Waals surface area contributed by atoms with Gasteiger partial charge >= 0.3 is 0 Å². The number of nitrogens with one attached hydrogen (secondary N) is 2. The van der Waals surface area contributed by atoms with Crippen LogP contribution in [0.15, 0.2) is 46.9 Å². The number of carbonyl (C=O) groups is 1. The van der Waals surface area contributed by atoms with Crippen LogP contribution in [-0.4, -0.2) is 11.9 Å². The summed E-state index contributed by atoms with van der Waals surface area (Å²) in [5.74, 6) is -0.703. The standard InChI is InChI=1S/C15H13BrClFN2O/c1-9(19-12-5-2-10(16)3-6-12)15(21)20-14-7-4-11(18)8-13(14)17/h2-9,19H,1H3,(H,20,21). The molecule has 0 bridgehead atoms. The molecule has 0 radical (unpaired) electrons. The van der Waals surface area contributed by atoms with Gasteiger partial charge in [-0.3, -0.25) is 4.79 Å². The number of rotatable bonds is 4. The smallest absolute Gasteiger partial charge is 0.246 e. The fraction of sp³-hybridized carbons (Fsp3) is 0.133. The first-order valence-corrected chi connectivity index (χ1v) is 7.41. The van der Waals surface area contributed by atoms with Gasteiger partial charge in [0.05, 0.1) is 10.7 Å². The average molecular weight is 372 g/mol. The summed E-state index contributed by atoms with van der Waals surface area (Å²) in [5.41, 5.74) is 1.21. The number of anilines is 2. The molecule has 0 saturated heterocycles. The van der Waals surface area contributed by atoms with Crippen LogP contribution < -0.4 is 10.6 Å². The van der Waals surface area contributed by atoms with E-state index in [2.05, 4.69) is 26.6 Å². The zero-order valence-corrected chi connectivity index (χ0v) is 13.5. The van der Waals surface area contributed by atoms with Crippen LogP contribution in [0.1, 0.15) is 6.92 Å². The van der Waals surface area contributed by atoms with Gasteiger partial charge in [-0.2, -0.15) is 0 Å². The maximum atomic E-state index is 13.0. The van der Waals surface area contributed by atoms with Crippen LogP contribution in [0.4, 0.5) is 15.8 Å². The normalized spacial score (nSPS) is 11.8. The summed E-state index contributed by atoms with van der Waals surface area (Å²) < 4.78 is 13.9. The number of amides is 1. The van der Waals surface area contributed by atoms with E-state index >= 15 is 0 Å². The third-order valence-electron chi connectivity index (χ3n) is 2.81. The SMILES string of the molecule is CC(Nc1ccc(Br)cc1)C(=O)Nc1ccc(F)cc1Cl. The molecule has 0 heterocycles. The second kappa shape index (κ2) is 6.91. The predicted molar refractivity (Wildman–Crippen MR) is 87.3 cm³/mol. The van der Waals surface area contributed by atoms with Crippen LogP contribution in [-0.2, 0) is 4.79 Å². The Bertz CT molecular complexity index is 649. The first-order chi connectivity index (χ1) is 9.95. The van der Waals surface area contributed by atoms with Gasteiger partial charge in [-0.25, -0.2) is 4.39 Å². The number of carbonyl (C=O) groups excluding carboxylic acids is 1. The Balaban J connectivity index is 2.00. The van der Waals surface area contributed by atoms with Crippen molar-refractivity contribution in [1.82, 2.24) is 0 Å². The van der Waals surface area contributed by atoms with Crippen molar-refractivity contribution in [3.8, 4) is 0 Å². The van der Waals surface area contributed by atoms with Gasteiger partial charge < -0.3 is 10.6 Å². The first-order valence-electron chi connectivity index (χ1n) is 6.24. The van der Waals surface area contributed by atoms with E-state index in [0.29, 0.717) is 5.69 Å². The summed E-state index contributed by atoms with van der Waals surface area (Å²) in [6, 6.07) is 10.8. The molecule has 2 rings (SSSR count). The van der Waals surface area contributed by atoms with E-state index in [-0.39, 0.29) is 10.9 Å². The van der Waals surface area contributed by atoms with Crippen LogP contribution >= 0.6 is 27.5 Å². The van der Waals surface area contributed by atoms with Crippen molar-refractivity contribution in [2.45, 2.75) is 13.0 Å². The Labute approximate surface area is 135 Å². The second-order valence-corrected chi connectivity index (χ2v) is 5.81. The lowest BCUT2D eigenvalue weighted by Gasteiger charge is -2.16. The van der Waals surface area contributed by atoms with E-state index in [0.717, 1.165) is 16.2 Å². The number of hydrogen-bond acceptors (Lipinski definition) is 2. The summed E-state index contributed by atoms with van der Waals surface area (Å²) in [6.07, 6.45) is 0. The molecule has 0 aliphatic carbocycles. The quantitative estimate of drug-likeness (QED) is 0.819. The van der Waals surface area contributed by atoms with Gasteiger partial charge in [-0.05, 0) is 49.4 Å². The highest BCUT2D eigenvalue weighted by molar-refractivity contribution is 9.10.